The van der Waals surface area contributed by atoms with E-state index in [1.54, 1.807) is 19.6 Å². The van der Waals surface area contributed by atoms with Gasteiger partial charge in [-0.3, -0.25) is 101 Å². The zero-order chi connectivity index (χ0) is 86.0. The lowest BCUT2D eigenvalue weighted by Gasteiger charge is -2.35. The maximum atomic E-state index is 13.9. The highest BCUT2D eigenvalue weighted by molar-refractivity contribution is 7.80. The molecule has 3 rings (SSSR count). The average molecular weight is 1680 g/mol. The first-order valence-corrected chi connectivity index (χ1v) is 37.3. The maximum absolute atomic E-state index is 13.9. The number of aliphatic carboxylic acids is 5. The lowest BCUT2D eigenvalue weighted by Crippen LogP contribution is -2.62. The highest BCUT2D eigenvalue weighted by Crippen LogP contribution is 2.17. The van der Waals surface area contributed by atoms with E-state index in [0.717, 1.165) is 6.92 Å². The number of anilines is 2. The molecule has 0 radical (unpaired) electrons. The zero-order valence-corrected chi connectivity index (χ0v) is 64.6. The van der Waals surface area contributed by atoms with Crippen molar-refractivity contribution in [3.8, 4) is 0 Å². The number of H-pyrrole nitrogens is 1. The number of hydrogen-bond acceptors (Lipinski definition) is 33. The van der Waals surface area contributed by atoms with E-state index in [1.165, 1.54) is 12.5 Å². The molecule has 0 saturated carbocycles. The van der Waals surface area contributed by atoms with Crippen LogP contribution in [0, 0.1) is 0 Å². The summed E-state index contributed by atoms with van der Waals surface area (Å²) in [5.74, 6) is -20.2. The summed E-state index contributed by atoms with van der Waals surface area (Å²) in [6.07, 6.45) is -1.25. The molecule has 1 fully saturated rings. The number of nitrogens with zero attached hydrogens (tertiary/aromatic N) is 5. The molecule has 26 N–H and O–H groups in total. The molecule has 11 amide bonds. The van der Waals surface area contributed by atoms with E-state index >= 15 is 0 Å². The molecule has 1 aliphatic rings. The summed E-state index contributed by atoms with van der Waals surface area (Å²) in [4.78, 5) is 244. The molecule has 50 heteroatoms. The maximum Gasteiger partial charge on any atom is 0.327 e. The largest absolute Gasteiger partial charge is 0.480 e. The number of nitrogens with one attached hydrogen (secondary N) is 12. The third kappa shape index (κ3) is 36.4. The number of carbonyl (C=O) groups is 16. The first kappa shape index (κ1) is 98.9. The van der Waals surface area contributed by atoms with Gasteiger partial charge >= 0.3 is 29.8 Å². The van der Waals surface area contributed by atoms with E-state index in [-0.39, 0.29) is 160 Å². The van der Waals surface area contributed by atoms with Crippen LogP contribution in [0.3, 0.4) is 0 Å². The number of aliphatic hydroxyl groups excluding tert-OH is 3. The van der Waals surface area contributed by atoms with Gasteiger partial charge in [0, 0.05) is 95.3 Å². The molecule has 1 aromatic carbocycles. The number of hydrogen-bond donors (Lipinski definition) is 25. The Morgan fingerprint density at radius 2 is 0.930 bits per heavy atom. The molecule has 0 bridgehead atoms. The number of nitrogens with two attached hydrogens (primary N) is 3. The second-order valence-electron chi connectivity index (χ2n) is 26.2. The molecule has 0 spiro atoms. The fourth-order valence-corrected chi connectivity index (χ4v) is 11.7. The Hall–Kier alpha value is -10.3. The van der Waals surface area contributed by atoms with E-state index in [2.05, 4.69) is 93.7 Å². The highest BCUT2D eigenvalue weighted by atomic mass is 32.1. The van der Waals surface area contributed by atoms with Crippen LogP contribution in [-0.4, -0.2) is 375 Å². The van der Waals surface area contributed by atoms with Crippen molar-refractivity contribution in [2.45, 2.75) is 125 Å². The van der Waals surface area contributed by atoms with E-state index in [4.69, 9.17) is 26.7 Å². The first-order chi connectivity index (χ1) is 54.5. The monoisotopic (exact) mass is 1680 g/mol. The molecule has 644 valence electrons. The number of carboxylic acid groups (broad SMARTS) is 5. The number of thiol groups is 2. The lowest BCUT2D eigenvalue weighted by atomic mass is 10.1. The Morgan fingerprint density at radius 3 is 1.37 bits per heavy atom. The predicted octanol–water partition coefficient (Wildman–Crippen LogP) is -12.6. The predicted molar refractivity (Wildman–Crippen MR) is 406 cm³/mol. The summed E-state index contributed by atoms with van der Waals surface area (Å²) in [5.41, 5.74) is 14.8. The fourth-order valence-electron chi connectivity index (χ4n) is 11.2. The molecule has 1 aromatic heterocycles. The normalized spacial score (nSPS) is 16.2. The number of rotatable bonds is 55. The number of aromatic amines is 1. The molecule has 1 aliphatic heterocycles. The minimum Gasteiger partial charge on any atom is -0.480 e. The summed E-state index contributed by atoms with van der Waals surface area (Å²) in [7, 11) is 0. The Labute approximate surface area is 667 Å². The van der Waals surface area contributed by atoms with Crippen molar-refractivity contribution in [1.82, 2.24) is 77.4 Å². The van der Waals surface area contributed by atoms with Crippen molar-refractivity contribution in [3.05, 3.63) is 38.7 Å². The number of aliphatic hydroxyl groups is 3. The molecule has 48 nitrogen and oxygen atoms in total. The van der Waals surface area contributed by atoms with Crippen molar-refractivity contribution in [2.75, 3.05) is 153 Å². The third-order valence-electron chi connectivity index (χ3n) is 17.3. The van der Waals surface area contributed by atoms with Gasteiger partial charge in [0.25, 0.3) is 10.9 Å². The van der Waals surface area contributed by atoms with Crippen molar-refractivity contribution >= 4 is 131 Å². The molecule has 1 unspecified atom stereocenters. The van der Waals surface area contributed by atoms with Crippen LogP contribution in [0.4, 0.5) is 11.4 Å². The van der Waals surface area contributed by atoms with Crippen molar-refractivity contribution in [3.63, 3.8) is 0 Å². The van der Waals surface area contributed by atoms with Gasteiger partial charge in [-0.25, -0.2) is 9.78 Å². The van der Waals surface area contributed by atoms with Crippen LogP contribution in [0.1, 0.15) is 57.6 Å². The summed E-state index contributed by atoms with van der Waals surface area (Å²) in [5, 5.41) is 105. The van der Waals surface area contributed by atoms with Crippen LogP contribution in [0.2, 0.25) is 0 Å². The number of amides is 11. The van der Waals surface area contributed by atoms with Crippen molar-refractivity contribution in [1.29, 1.82) is 0 Å². The second kappa shape index (κ2) is 52.2. The molecule has 2 aromatic rings. The Balaban J connectivity index is 1.58. The van der Waals surface area contributed by atoms with Crippen molar-refractivity contribution in [2.24, 2.45) is 17.2 Å². The van der Waals surface area contributed by atoms with Gasteiger partial charge in [0.2, 0.25) is 65.0 Å². The van der Waals surface area contributed by atoms with E-state index in [9.17, 15) is 127 Å². The highest BCUT2D eigenvalue weighted by Gasteiger charge is 2.38. The average Bonchev–Trinajstić information content (AvgIpc) is 0.892. The minimum atomic E-state index is -2.04. The van der Waals surface area contributed by atoms with E-state index < -0.39 is 224 Å². The number of unbranched alkanes of at least 4 members (excludes halogenated alkanes) is 1. The van der Waals surface area contributed by atoms with Gasteiger partial charge in [-0.05, 0) is 45.6 Å². The Kier molecular flexibility index (Phi) is 44.9. The van der Waals surface area contributed by atoms with Gasteiger partial charge in [-0.1, -0.05) is 0 Å². The Morgan fingerprint density at radius 1 is 0.504 bits per heavy atom. The van der Waals surface area contributed by atoms with Gasteiger partial charge in [0.1, 0.15) is 78.4 Å². The number of imidazole rings is 1. The molecular weight excluding hydrogens is 1570 g/mol. The van der Waals surface area contributed by atoms with Crippen LogP contribution in [0.25, 0.3) is 0 Å². The van der Waals surface area contributed by atoms with E-state index in [0.29, 0.717) is 0 Å². The summed E-state index contributed by atoms with van der Waals surface area (Å²) >= 11 is 7.97. The fraction of sp³-hybridized carbons (Fsp3) is 0.646. The van der Waals surface area contributed by atoms with Gasteiger partial charge < -0.3 is 131 Å². The minimum absolute atomic E-state index is 0.000212. The standard InChI is InChI=1S/C65H104N20O28S2/c1-34(88)51(63(107)80-43(32-115)64(108)109)81-59(103)37(21-35-24-69-33-72-35)75-61(105)41(29-87)78-56(100)36(5-2-3-7-66)74-60(104)40(28-86)79-58(102)39(23-46(68)90)76-57(101)38(22-45(67)89)77-62(106)42(31-114)73-47(91)30-113-20-19-112-18-9-71-53-52(54(98)55(53)99)70-8-4-6-44(65(110)111)85-16-14-83(26-49(94)95)12-10-82(25-48(92)93)11-13-84(15-17-85)27-50(96)97/h24,33-34,36-44,51,70-71,86-88,114-115H,2-23,25-32,66H2,1H3,(H2,67,89)(H2,68,90)(H,69,72)(H,73,91)(H,74,104)(H,75,105)(H,76,101)(H,77,106)(H,78,100)(H,79,102)(H,80,107)(H,81,103)(H,92,93)(H,94,95)(H,96,97)(H,108,109)(H,110,111)/t34-,36+,37+,38+,39+,40+,41+,42+,43+,44?,51+/m1/s1. The summed E-state index contributed by atoms with van der Waals surface area (Å²) in [6.45, 7) is -2.76. The molecule has 1 saturated heterocycles. The van der Waals surface area contributed by atoms with Crippen LogP contribution in [0.5, 0.6) is 0 Å². The van der Waals surface area contributed by atoms with Gasteiger partial charge in [-0.2, -0.15) is 25.3 Å². The van der Waals surface area contributed by atoms with Crippen LogP contribution < -0.4 is 86.5 Å². The van der Waals surface area contributed by atoms with Crippen LogP contribution in [0.15, 0.2) is 22.1 Å². The number of carbonyl (C=O) groups excluding carboxylic acids is 11. The third-order valence-corrected chi connectivity index (χ3v) is 18.0. The van der Waals surface area contributed by atoms with Gasteiger partial charge in [0.15, 0.2) is 0 Å². The Bertz CT molecular complexity index is 3640. The second-order valence-corrected chi connectivity index (χ2v) is 26.9. The summed E-state index contributed by atoms with van der Waals surface area (Å²) in [6, 6.07) is -17.2. The molecule has 11 atom stereocenters. The summed E-state index contributed by atoms with van der Waals surface area (Å²) < 4.78 is 10.8. The van der Waals surface area contributed by atoms with Gasteiger partial charge in [-0.15, -0.1) is 0 Å². The quantitative estimate of drug-likeness (QED) is 0.0166. The van der Waals surface area contributed by atoms with Crippen LogP contribution in [-0.2, 0) is 92.6 Å². The molecule has 115 heavy (non-hydrogen) atoms. The topological polar surface area (TPSA) is 740 Å². The number of aromatic nitrogens is 2. The SMILES string of the molecule is C[C@@H](O)[C@H](NC(=O)[C@H](Cc1cnc[nH]1)NC(=O)[C@H](CO)NC(=O)[C@H](CCCCN)NC(=O)[C@H](CO)NC(=O)[C@H](CC(N)=O)NC(=O)[C@H](CC(N)=O)NC(=O)[C@H](CS)NC(=O)COCCOCCNc1c(NCCCC(C(=O)O)N2CCN(CC(=O)O)CCN(CC(=O)O)CCN(CC(=O)O)CC2)c(=O)c1=O)C(=O)N[C@@H](CS)C(=O)O. The lowest BCUT2D eigenvalue weighted by molar-refractivity contribution is -0.145. The number of primary amides is 2. The number of ether oxygens (including phenoxy) is 2. The van der Waals surface area contributed by atoms with Crippen LogP contribution >= 0.6 is 25.3 Å². The number of carboxylic acids is 5. The molecule has 0 aliphatic carbocycles. The molecular formula is C65H104N20O28S2. The first-order valence-electron chi connectivity index (χ1n) is 36.0. The van der Waals surface area contributed by atoms with Crippen molar-refractivity contribution < 1.29 is 127 Å². The zero-order valence-electron chi connectivity index (χ0n) is 62.8. The molecule has 2 heterocycles. The smallest absolute Gasteiger partial charge is 0.327 e. The van der Waals surface area contributed by atoms with E-state index in [1.807, 2.05) is 0 Å². The van der Waals surface area contributed by atoms with Gasteiger partial charge in [0.05, 0.1) is 77.9 Å².